The van der Waals surface area contributed by atoms with Crippen molar-refractivity contribution < 1.29 is 22.7 Å². The van der Waals surface area contributed by atoms with Gasteiger partial charge in [0.1, 0.15) is 0 Å². The Balaban J connectivity index is 1.40. The minimum atomic E-state index is -3.60. The topological polar surface area (TPSA) is 96.0 Å². The molecule has 2 heterocycles. The molecule has 0 radical (unpaired) electrons. The van der Waals surface area contributed by atoms with Gasteiger partial charge in [0.05, 0.1) is 24.2 Å². The van der Waals surface area contributed by atoms with Crippen molar-refractivity contribution >= 4 is 27.5 Å². The van der Waals surface area contributed by atoms with E-state index in [9.17, 15) is 18.0 Å². The van der Waals surface area contributed by atoms with Gasteiger partial charge in [0.2, 0.25) is 15.9 Å². The second-order valence-corrected chi connectivity index (χ2v) is 9.19. The number of nitrogens with zero attached hydrogens (tertiary/aromatic N) is 2. The van der Waals surface area contributed by atoms with Gasteiger partial charge in [-0.2, -0.15) is 4.31 Å². The number of carbonyl (C=O) groups excluding carboxylic acids is 2. The Bertz CT molecular complexity index is 1020. The molecule has 1 atom stereocenters. The van der Waals surface area contributed by atoms with Gasteiger partial charge < -0.3 is 15.0 Å². The Kier molecular flexibility index (Phi) is 5.85. The highest BCUT2D eigenvalue weighted by Crippen LogP contribution is 2.22. The van der Waals surface area contributed by atoms with E-state index in [4.69, 9.17) is 4.74 Å². The number of amides is 2. The summed E-state index contributed by atoms with van der Waals surface area (Å²) in [6, 6.07) is 14.9. The zero-order valence-electron chi connectivity index (χ0n) is 16.4. The van der Waals surface area contributed by atoms with E-state index in [1.807, 2.05) is 30.3 Å². The number of ether oxygens (including phenoxy) is 1. The molecule has 2 fully saturated rings. The van der Waals surface area contributed by atoms with Crippen LogP contribution in [0.5, 0.6) is 0 Å². The van der Waals surface area contributed by atoms with Crippen LogP contribution in [-0.4, -0.2) is 63.4 Å². The smallest absolute Gasteiger partial charge is 0.251 e. The molecule has 0 saturated carbocycles. The Labute approximate surface area is 175 Å². The normalized spacial score (nSPS) is 20.3. The zero-order valence-corrected chi connectivity index (χ0v) is 17.2. The zero-order chi connectivity index (χ0) is 21.1. The van der Waals surface area contributed by atoms with Gasteiger partial charge in [-0.05, 0) is 36.4 Å². The van der Waals surface area contributed by atoms with Crippen molar-refractivity contribution in [2.75, 3.05) is 37.7 Å². The number of para-hydroxylation sites is 1. The van der Waals surface area contributed by atoms with Crippen molar-refractivity contribution in [2.24, 2.45) is 0 Å². The van der Waals surface area contributed by atoms with Crippen molar-refractivity contribution in [3.05, 3.63) is 60.2 Å². The molecule has 2 amide bonds. The highest BCUT2D eigenvalue weighted by atomic mass is 32.2. The summed E-state index contributed by atoms with van der Waals surface area (Å²) in [4.78, 5) is 26.7. The molecule has 4 rings (SSSR count). The van der Waals surface area contributed by atoms with E-state index in [0.29, 0.717) is 38.4 Å². The summed E-state index contributed by atoms with van der Waals surface area (Å²) in [5.74, 6) is -0.378. The molecule has 0 bridgehead atoms. The first-order chi connectivity index (χ1) is 14.4. The number of sulfonamides is 1. The van der Waals surface area contributed by atoms with Gasteiger partial charge in [0.25, 0.3) is 5.91 Å². The van der Waals surface area contributed by atoms with Crippen LogP contribution in [0.3, 0.4) is 0 Å². The number of anilines is 1. The molecule has 2 aromatic carbocycles. The first-order valence-electron chi connectivity index (χ1n) is 9.79. The van der Waals surface area contributed by atoms with E-state index in [-0.39, 0.29) is 29.2 Å². The maximum absolute atomic E-state index is 12.7. The number of benzene rings is 2. The van der Waals surface area contributed by atoms with Crippen LogP contribution < -0.4 is 10.2 Å². The van der Waals surface area contributed by atoms with Crippen LogP contribution in [0.2, 0.25) is 0 Å². The van der Waals surface area contributed by atoms with Crippen molar-refractivity contribution in [1.29, 1.82) is 0 Å². The molecule has 2 aliphatic rings. The van der Waals surface area contributed by atoms with Crippen molar-refractivity contribution in [3.63, 3.8) is 0 Å². The quantitative estimate of drug-likeness (QED) is 0.772. The van der Waals surface area contributed by atoms with Crippen molar-refractivity contribution in [2.45, 2.75) is 17.4 Å². The van der Waals surface area contributed by atoms with Gasteiger partial charge in [-0.3, -0.25) is 9.59 Å². The van der Waals surface area contributed by atoms with Gasteiger partial charge >= 0.3 is 0 Å². The number of morpholine rings is 1. The van der Waals surface area contributed by atoms with E-state index in [2.05, 4.69) is 5.32 Å². The Morgan fingerprint density at radius 2 is 1.67 bits per heavy atom. The number of hydrogen-bond acceptors (Lipinski definition) is 5. The van der Waals surface area contributed by atoms with Gasteiger partial charge in [-0.25, -0.2) is 8.42 Å². The highest BCUT2D eigenvalue weighted by Gasteiger charge is 2.32. The molecule has 2 saturated heterocycles. The third-order valence-corrected chi connectivity index (χ3v) is 7.17. The van der Waals surface area contributed by atoms with Crippen LogP contribution in [0.25, 0.3) is 0 Å². The summed E-state index contributed by atoms with van der Waals surface area (Å²) >= 11 is 0. The van der Waals surface area contributed by atoms with Gasteiger partial charge in [0.15, 0.2) is 0 Å². The summed E-state index contributed by atoms with van der Waals surface area (Å²) < 4.78 is 31.9. The molecule has 2 aromatic rings. The lowest BCUT2D eigenvalue weighted by atomic mass is 10.2. The van der Waals surface area contributed by atoms with Gasteiger partial charge in [-0.15, -0.1) is 0 Å². The van der Waals surface area contributed by atoms with Gasteiger partial charge in [-0.1, -0.05) is 18.2 Å². The van der Waals surface area contributed by atoms with Crippen LogP contribution in [0.1, 0.15) is 16.8 Å². The number of hydrogen-bond donors (Lipinski definition) is 1. The average molecular weight is 429 g/mol. The molecule has 8 nitrogen and oxygen atoms in total. The van der Waals surface area contributed by atoms with E-state index >= 15 is 0 Å². The lowest BCUT2D eigenvalue weighted by molar-refractivity contribution is -0.117. The summed E-state index contributed by atoms with van der Waals surface area (Å²) in [5.41, 5.74) is 1.15. The Hall–Kier alpha value is -2.75. The summed E-state index contributed by atoms with van der Waals surface area (Å²) in [5, 5.41) is 2.87. The summed E-state index contributed by atoms with van der Waals surface area (Å²) in [6.45, 7) is 1.79. The monoisotopic (exact) mass is 429 g/mol. The third kappa shape index (κ3) is 4.23. The fourth-order valence-electron chi connectivity index (χ4n) is 3.64. The van der Waals surface area contributed by atoms with E-state index in [1.54, 1.807) is 4.90 Å². The number of nitrogens with one attached hydrogen (secondary N) is 1. The number of carbonyl (C=O) groups is 2. The largest absolute Gasteiger partial charge is 0.379 e. The molecule has 2 aliphatic heterocycles. The lowest BCUT2D eigenvalue weighted by Crippen LogP contribution is -2.40. The molecule has 30 heavy (non-hydrogen) atoms. The predicted molar refractivity (Wildman–Crippen MR) is 111 cm³/mol. The highest BCUT2D eigenvalue weighted by molar-refractivity contribution is 7.89. The minimum absolute atomic E-state index is 0.0431. The van der Waals surface area contributed by atoms with Crippen LogP contribution in [-0.2, 0) is 19.6 Å². The van der Waals surface area contributed by atoms with Gasteiger partial charge in [0, 0.05) is 37.3 Å². The van der Waals surface area contributed by atoms with E-state index in [1.165, 1.54) is 28.6 Å². The molecule has 9 heteroatoms. The molecule has 0 spiro atoms. The minimum Gasteiger partial charge on any atom is -0.379 e. The van der Waals surface area contributed by atoms with E-state index in [0.717, 1.165) is 5.69 Å². The van der Waals surface area contributed by atoms with Crippen LogP contribution >= 0.6 is 0 Å². The maximum Gasteiger partial charge on any atom is 0.251 e. The fraction of sp³-hybridized carbons (Fsp3) is 0.333. The van der Waals surface area contributed by atoms with Crippen LogP contribution in [0.15, 0.2) is 59.5 Å². The van der Waals surface area contributed by atoms with Crippen LogP contribution in [0, 0.1) is 0 Å². The SMILES string of the molecule is O=C(NC1CC(=O)N(c2ccccc2)C1)c1ccc(S(=O)(=O)N2CCOCC2)cc1. The standard InChI is InChI=1S/C21H23N3O5S/c25-20-14-17(15-24(20)18-4-2-1-3-5-18)22-21(26)16-6-8-19(9-7-16)30(27,28)23-10-12-29-13-11-23/h1-9,17H,10-15H2,(H,22,26). The number of rotatable bonds is 5. The van der Waals surface area contributed by atoms with Crippen LogP contribution in [0.4, 0.5) is 5.69 Å². The molecular weight excluding hydrogens is 406 g/mol. The second-order valence-electron chi connectivity index (χ2n) is 7.26. The molecule has 158 valence electrons. The second kappa shape index (κ2) is 8.55. The molecule has 1 unspecified atom stereocenters. The molecule has 1 N–H and O–H groups in total. The van der Waals surface area contributed by atoms with Crippen molar-refractivity contribution in [1.82, 2.24) is 9.62 Å². The average Bonchev–Trinajstić information content (AvgIpc) is 3.15. The Morgan fingerprint density at radius 3 is 2.33 bits per heavy atom. The molecule has 0 aromatic heterocycles. The first-order valence-corrected chi connectivity index (χ1v) is 11.2. The predicted octanol–water partition coefficient (Wildman–Crippen LogP) is 1.24. The van der Waals surface area contributed by atoms with Crippen molar-refractivity contribution in [3.8, 4) is 0 Å². The Morgan fingerprint density at radius 1 is 1.00 bits per heavy atom. The third-order valence-electron chi connectivity index (χ3n) is 5.25. The lowest BCUT2D eigenvalue weighted by Gasteiger charge is -2.26. The summed E-state index contributed by atoms with van der Waals surface area (Å²) in [7, 11) is -3.60. The molecular formula is C21H23N3O5S. The summed E-state index contributed by atoms with van der Waals surface area (Å²) in [6.07, 6.45) is 0.226. The first kappa shape index (κ1) is 20.5. The maximum atomic E-state index is 12.7. The van der Waals surface area contributed by atoms with E-state index < -0.39 is 10.0 Å². The molecule has 0 aliphatic carbocycles. The fourth-order valence-corrected chi connectivity index (χ4v) is 5.05.